The van der Waals surface area contributed by atoms with Crippen LogP contribution in [-0.4, -0.2) is 27.6 Å². The second-order valence-electron chi connectivity index (χ2n) is 9.03. The third-order valence-corrected chi connectivity index (χ3v) is 6.29. The van der Waals surface area contributed by atoms with Gasteiger partial charge in [-0.2, -0.15) is 4.37 Å². The number of aryl methyl sites for hydroxylation is 1. The number of nitrogen functional groups attached to an aromatic ring is 1. The lowest BCUT2D eigenvalue weighted by Gasteiger charge is -2.33. The number of primary amides is 1. The van der Waals surface area contributed by atoms with Gasteiger partial charge in [-0.25, -0.2) is 0 Å². The molecule has 0 saturated heterocycles. The first-order chi connectivity index (χ1) is 16.4. The number of carbonyl (C=O) groups is 3. The molecule has 35 heavy (non-hydrogen) atoms. The minimum atomic E-state index is -1.06. The summed E-state index contributed by atoms with van der Waals surface area (Å²) in [5.74, 6) is -1.82. The Hall–Kier alpha value is -3.43. The monoisotopic (exact) mass is 513 g/mol. The van der Waals surface area contributed by atoms with Crippen molar-refractivity contribution in [1.82, 2.24) is 9.69 Å². The number of nitrogens with zero attached hydrogens (tertiary/aromatic N) is 2. The Morgan fingerprint density at radius 2 is 1.69 bits per heavy atom. The number of halogens is 1. The van der Waals surface area contributed by atoms with Crippen molar-refractivity contribution in [3.8, 4) is 0 Å². The molecule has 1 atom stereocenters. The average Bonchev–Trinajstić information content (AvgIpc) is 3.18. The van der Waals surface area contributed by atoms with E-state index in [9.17, 15) is 14.4 Å². The van der Waals surface area contributed by atoms with Crippen LogP contribution in [0, 0.1) is 0 Å². The largest absolute Gasteiger partial charge is 0.395 e. The van der Waals surface area contributed by atoms with Crippen molar-refractivity contribution in [2.75, 3.05) is 10.6 Å². The Morgan fingerprint density at radius 3 is 2.17 bits per heavy atom. The van der Waals surface area contributed by atoms with Crippen LogP contribution < -0.4 is 21.7 Å². The summed E-state index contributed by atoms with van der Waals surface area (Å²) in [5, 5.41) is 3.46. The molecule has 8 nitrogen and oxygen atoms in total. The highest BCUT2D eigenvalue weighted by Crippen LogP contribution is 2.34. The van der Waals surface area contributed by atoms with Crippen LogP contribution >= 0.6 is 23.1 Å². The van der Waals surface area contributed by atoms with Gasteiger partial charge in [-0.05, 0) is 74.1 Å². The molecule has 1 heterocycles. The molecule has 10 heteroatoms. The minimum absolute atomic E-state index is 0.0147. The fraction of sp³-hybridized carbons (Fsp3) is 0.280. The van der Waals surface area contributed by atoms with E-state index in [1.54, 1.807) is 36.4 Å². The number of carbonyl (C=O) groups excluding carboxylic acids is 3. The first-order valence-corrected chi connectivity index (χ1v) is 12.1. The van der Waals surface area contributed by atoms with E-state index in [4.69, 9.17) is 23.1 Å². The van der Waals surface area contributed by atoms with Crippen molar-refractivity contribution in [1.29, 1.82) is 0 Å². The molecule has 3 rings (SSSR count). The number of rotatable bonds is 7. The predicted octanol–water partition coefficient (Wildman–Crippen LogP) is 4.34. The minimum Gasteiger partial charge on any atom is -0.395 e. The SMILES string of the molecule is CCc1ccc(N(C(=O)c2snc(C(N)=O)c2N)[C@@H](C(=O)NC(C)(C)C)c2ccc(Cl)cc2)cc1. The number of amides is 3. The number of anilines is 2. The third kappa shape index (κ3) is 5.98. The van der Waals surface area contributed by atoms with E-state index in [-0.39, 0.29) is 16.3 Å². The molecule has 0 aliphatic rings. The molecule has 184 valence electrons. The molecule has 3 amide bonds. The highest BCUT2D eigenvalue weighted by atomic mass is 35.5. The number of benzene rings is 2. The van der Waals surface area contributed by atoms with E-state index >= 15 is 0 Å². The first-order valence-electron chi connectivity index (χ1n) is 11.0. The van der Waals surface area contributed by atoms with Crippen molar-refractivity contribution in [3.63, 3.8) is 0 Å². The van der Waals surface area contributed by atoms with E-state index in [0.29, 0.717) is 16.3 Å². The number of aromatic nitrogens is 1. The predicted molar refractivity (Wildman–Crippen MR) is 140 cm³/mol. The smallest absolute Gasteiger partial charge is 0.273 e. The lowest BCUT2D eigenvalue weighted by Crippen LogP contribution is -2.49. The van der Waals surface area contributed by atoms with Crippen LogP contribution in [0.25, 0.3) is 0 Å². The molecule has 0 radical (unpaired) electrons. The standard InChI is InChI=1S/C25H28ClN5O3S/c1-5-14-6-12-17(13-7-14)31(24(34)21-18(27)19(22(28)32)30-35-21)20(23(33)29-25(2,3)4)15-8-10-16(26)11-9-15/h6-13,20H,5,27H2,1-4H3,(H2,28,32)(H,29,33)/t20-/m1/s1. The van der Waals surface area contributed by atoms with Crippen molar-refractivity contribution >= 4 is 52.2 Å². The maximum absolute atomic E-state index is 14.0. The van der Waals surface area contributed by atoms with Crippen LogP contribution in [0.4, 0.5) is 11.4 Å². The van der Waals surface area contributed by atoms with Gasteiger partial charge in [0.05, 0.1) is 5.69 Å². The molecular weight excluding hydrogens is 486 g/mol. The summed E-state index contributed by atoms with van der Waals surface area (Å²) in [6, 6.07) is 13.0. The van der Waals surface area contributed by atoms with Crippen LogP contribution in [-0.2, 0) is 11.2 Å². The zero-order valence-electron chi connectivity index (χ0n) is 20.0. The van der Waals surface area contributed by atoms with Gasteiger partial charge in [-0.3, -0.25) is 19.3 Å². The summed E-state index contributed by atoms with van der Waals surface area (Å²) in [4.78, 5) is 40.7. The number of nitrogens with two attached hydrogens (primary N) is 2. The Morgan fingerprint density at radius 1 is 1.09 bits per heavy atom. The molecular formula is C25H28ClN5O3S. The first kappa shape index (κ1) is 26.2. The van der Waals surface area contributed by atoms with Gasteiger partial charge in [0.15, 0.2) is 5.69 Å². The summed E-state index contributed by atoms with van der Waals surface area (Å²) in [6.07, 6.45) is 0.809. The van der Waals surface area contributed by atoms with Gasteiger partial charge >= 0.3 is 0 Å². The summed E-state index contributed by atoms with van der Waals surface area (Å²) >= 11 is 6.86. The fourth-order valence-corrected chi connectivity index (χ4v) is 4.38. The molecule has 0 aliphatic carbocycles. The topological polar surface area (TPSA) is 131 Å². The lowest BCUT2D eigenvalue weighted by atomic mass is 10.00. The average molecular weight is 514 g/mol. The van der Waals surface area contributed by atoms with E-state index in [1.165, 1.54) is 4.90 Å². The van der Waals surface area contributed by atoms with Gasteiger partial charge < -0.3 is 16.8 Å². The molecule has 1 aromatic heterocycles. The van der Waals surface area contributed by atoms with Crippen molar-refractivity contribution in [2.24, 2.45) is 5.73 Å². The lowest BCUT2D eigenvalue weighted by molar-refractivity contribution is -0.123. The molecule has 0 unspecified atom stereocenters. The summed E-state index contributed by atoms with van der Waals surface area (Å²) < 4.78 is 3.96. The molecule has 0 bridgehead atoms. The number of hydrogen-bond acceptors (Lipinski definition) is 6. The second-order valence-corrected chi connectivity index (χ2v) is 10.2. The van der Waals surface area contributed by atoms with E-state index in [1.807, 2.05) is 39.8 Å². The van der Waals surface area contributed by atoms with Gasteiger partial charge in [0.2, 0.25) is 5.91 Å². The number of nitrogens with one attached hydrogen (secondary N) is 1. The molecule has 5 N–H and O–H groups in total. The second kappa shape index (κ2) is 10.5. The molecule has 2 aromatic carbocycles. The zero-order chi connectivity index (χ0) is 25.9. The van der Waals surface area contributed by atoms with Crippen LogP contribution in [0.3, 0.4) is 0 Å². The fourth-order valence-electron chi connectivity index (χ4n) is 3.52. The third-order valence-electron chi connectivity index (χ3n) is 5.19. The van der Waals surface area contributed by atoms with Crippen LogP contribution in [0.1, 0.15) is 65.0 Å². The normalized spacial score (nSPS) is 12.1. The van der Waals surface area contributed by atoms with Crippen LogP contribution in [0.2, 0.25) is 5.02 Å². The van der Waals surface area contributed by atoms with E-state index < -0.39 is 29.3 Å². The Kier molecular flexibility index (Phi) is 7.82. The van der Waals surface area contributed by atoms with Crippen LogP contribution in [0.5, 0.6) is 0 Å². The van der Waals surface area contributed by atoms with Gasteiger partial charge in [-0.1, -0.05) is 42.8 Å². The Bertz CT molecular complexity index is 1230. The summed E-state index contributed by atoms with van der Waals surface area (Å²) in [6.45, 7) is 7.58. The maximum atomic E-state index is 14.0. The highest BCUT2D eigenvalue weighted by Gasteiger charge is 2.37. The summed E-state index contributed by atoms with van der Waals surface area (Å²) in [7, 11) is 0. The molecule has 0 spiro atoms. The van der Waals surface area contributed by atoms with Crippen molar-refractivity contribution in [3.05, 3.63) is 75.3 Å². The Labute approximate surface area is 213 Å². The summed E-state index contributed by atoms with van der Waals surface area (Å²) in [5.41, 5.74) is 12.7. The Balaban J connectivity index is 2.23. The van der Waals surface area contributed by atoms with Gasteiger partial charge in [0.1, 0.15) is 10.9 Å². The molecule has 0 aliphatic heterocycles. The molecule has 0 fully saturated rings. The van der Waals surface area contributed by atoms with Gasteiger partial charge in [0, 0.05) is 16.2 Å². The van der Waals surface area contributed by atoms with Crippen molar-refractivity contribution in [2.45, 2.75) is 45.7 Å². The maximum Gasteiger partial charge on any atom is 0.273 e. The van der Waals surface area contributed by atoms with Crippen molar-refractivity contribution < 1.29 is 14.4 Å². The molecule has 3 aromatic rings. The van der Waals surface area contributed by atoms with E-state index in [0.717, 1.165) is 23.5 Å². The van der Waals surface area contributed by atoms with Gasteiger partial charge in [0.25, 0.3) is 11.8 Å². The number of hydrogen-bond donors (Lipinski definition) is 3. The highest BCUT2D eigenvalue weighted by molar-refractivity contribution is 7.09. The zero-order valence-corrected chi connectivity index (χ0v) is 21.5. The van der Waals surface area contributed by atoms with E-state index in [2.05, 4.69) is 9.69 Å². The van der Waals surface area contributed by atoms with Gasteiger partial charge in [-0.15, -0.1) is 0 Å². The van der Waals surface area contributed by atoms with Crippen LogP contribution in [0.15, 0.2) is 48.5 Å². The quantitative estimate of drug-likeness (QED) is 0.432. The molecule has 0 saturated carbocycles.